The lowest BCUT2D eigenvalue weighted by Gasteiger charge is -2.35. The lowest BCUT2D eigenvalue weighted by molar-refractivity contribution is 0.235. The third-order valence-corrected chi connectivity index (χ3v) is 8.41. The Kier molecular flexibility index (Phi) is 6.76. The van der Waals surface area contributed by atoms with E-state index in [0.717, 1.165) is 12.0 Å². The minimum Gasteiger partial charge on any atom is -0.391 e. The molecule has 1 atom stereocenters. The normalized spacial score (nSPS) is 12.7. The highest BCUT2D eigenvalue weighted by Gasteiger charge is 2.42. The van der Waals surface area contributed by atoms with Gasteiger partial charge in [0, 0.05) is 5.56 Å². The number of hydrogen-bond donors (Lipinski definition) is 0. The van der Waals surface area contributed by atoms with E-state index in [0.29, 0.717) is 11.1 Å². The quantitative estimate of drug-likeness (QED) is 0.562. The minimum absolute atomic E-state index is 0.133. The predicted molar refractivity (Wildman–Crippen MR) is 93.3 cm³/mol. The Bertz CT molecular complexity index is 520. The zero-order valence-electron chi connectivity index (χ0n) is 13.8. The van der Waals surface area contributed by atoms with E-state index < -0.39 is 8.32 Å². The summed E-state index contributed by atoms with van der Waals surface area (Å²) in [5, 5.41) is 0. The van der Waals surface area contributed by atoms with Gasteiger partial charge in [-0.3, -0.25) is 0 Å². The first-order chi connectivity index (χ1) is 9.96. The van der Waals surface area contributed by atoms with Crippen molar-refractivity contribution < 1.29 is 4.43 Å². The molecule has 112 valence electrons. The molecule has 0 amide bonds. The first-order valence-corrected chi connectivity index (χ1v) is 9.74. The monoisotopic (exact) mass is 298 g/mol. The molecule has 0 spiro atoms. The molecule has 0 saturated heterocycles. The maximum absolute atomic E-state index is 6.41. The fourth-order valence-corrected chi connectivity index (χ4v) is 5.98. The summed E-state index contributed by atoms with van der Waals surface area (Å²) in [6.07, 6.45) is 6.30. The Balaban J connectivity index is 3.19. The summed E-state index contributed by atoms with van der Waals surface area (Å²) in [5.41, 5.74) is 5.35. The van der Waals surface area contributed by atoms with E-state index in [1.165, 1.54) is 0 Å². The molecule has 1 rings (SSSR count). The van der Waals surface area contributed by atoms with Crippen LogP contribution in [0.25, 0.3) is 0 Å². The van der Waals surface area contributed by atoms with E-state index in [2.05, 4.69) is 52.0 Å². The molecule has 0 N–H and O–H groups in total. The number of rotatable bonds is 5. The van der Waals surface area contributed by atoms with Crippen LogP contribution >= 0.6 is 0 Å². The van der Waals surface area contributed by atoms with Gasteiger partial charge in [-0.1, -0.05) is 70.2 Å². The zero-order valence-corrected chi connectivity index (χ0v) is 14.8. The molecule has 0 saturated carbocycles. The zero-order chi connectivity index (χ0) is 15.9. The Morgan fingerprint density at radius 1 is 1.10 bits per heavy atom. The van der Waals surface area contributed by atoms with Gasteiger partial charge < -0.3 is 4.43 Å². The second-order valence-corrected chi connectivity index (χ2v) is 10.3. The molecule has 0 aromatic heterocycles. The van der Waals surface area contributed by atoms with Crippen molar-refractivity contribution in [2.75, 3.05) is 0 Å². The van der Waals surface area contributed by atoms with Crippen LogP contribution in [0.2, 0.25) is 11.1 Å². The maximum atomic E-state index is 6.41. The van der Waals surface area contributed by atoms with Gasteiger partial charge in [0.2, 0.25) is 0 Å². The SMILES string of the molecule is C#C[C@@H](CC)O[Si](C#Cc1ccccc1)(C(C)C)C(C)C. The van der Waals surface area contributed by atoms with E-state index >= 15 is 0 Å². The predicted octanol–water partition coefficient (Wildman–Crippen LogP) is 4.77. The number of terminal acetylenes is 1. The first kappa shape index (κ1) is 17.6. The van der Waals surface area contributed by atoms with Gasteiger partial charge in [0.05, 0.1) is 0 Å². The molecule has 1 nitrogen and oxygen atoms in total. The highest BCUT2D eigenvalue weighted by molar-refractivity contribution is 6.84. The average molecular weight is 299 g/mol. The summed E-state index contributed by atoms with van der Waals surface area (Å²) in [6, 6.07) is 10.1. The molecule has 1 aromatic carbocycles. The molecule has 0 fully saturated rings. The fraction of sp³-hybridized carbons (Fsp3) is 0.474. The van der Waals surface area contributed by atoms with Crippen molar-refractivity contribution in [1.29, 1.82) is 0 Å². The molecule has 21 heavy (non-hydrogen) atoms. The molecule has 1 aromatic rings. The summed E-state index contributed by atoms with van der Waals surface area (Å²) < 4.78 is 6.41. The lowest BCUT2D eigenvalue weighted by atomic mass is 10.2. The van der Waals surface area contributed by atoms with E-state index in [4.69, 9.17) is 10.8 Å². The summed E-state index contributed by atoms with van der Waals surface area (Å²) in [5.74, 6) is 6.08. The Morgan fingerprint density at radius 3 is 2.10 bits per heavy atom. The van der Waals surface area contributed by atoms with Gasteiger partial charge in [-0.15, -0.1) is 6.42 Å². The van der Waals surface area contributed by atoms with Crippen LogP contribution in [0.5, 0.6) is 0 Å². The average Bonchev–Trinajstić information content (AvgIpc) is 2.48. The standard InChI is InChI=1S/C19H26OSi/c1-7-19(8-2)20-21(16(3)4,17(5)6)15-14-18-12-10-9-11-13-18/h1,9-13,16-17,19H,8H2,2-6H3/t19-/m0/s1. The van der Waals surface area contributed by atoms with Gasteiger partial charge in [-0.05, 0) is 29.6 Å². The van der Waals surface area contributed by atoms with Crippen LogP contribution in [0.4, 0.5) is 0 Å². The smallest absolute Gasteiger partial charge is 0.278 e. The molecule has 0 aliphatic carbocycles. The molecule has 0 heterocycles. The van der Waals surface area contributed by atoms with Crippen molar-refractivity contribution in [1.82, 2.24) is 0 Å². The van der Waals surface area contributed by atoms with E-state index in [1.54, 1.807) is 0 Å². The molecule has 0 bridgehead atoms. The van der Waals surface area contributed by atoms with E-state index in [-0.39, 0.29) is 6.10 Å². The highest BCUT2D eigenvalue weighted by atomic mass is 28.4. The fourth-order valence-electron chi connectivity index (χ4n) is 2.42. The van der Waals surface area contributed by atoms with E-state index in [9.17, 15) is 0 Å². The maximum Gasteiger partial charge on any atom is 0.278 e. The number of benzene rings is 1. The van der Waals surface area contributed by atoms with Crippen LogP contribution < -0.4 is 0 Å². The topological polar surface area (TPSA) is 9.23 Å². The van der Waals surface area contributed by atoms with Gasteiger partial charge in [0.25, 0.3) is 8.32 Å². The number of hydrogen-bond acceptors (Lipinski definition) is 1. The van der Waals surface area contributed by atoms with Crippen LogP contribution in [-0.2, 0) is 4.43 Å². The summed E-state index contributed by atoms with van der Waals surface area (Å²) in [6.45, 7) is 10.9. The van der Waals surface area contributed by atoms with E-state index in [1.807, 2.05) is 30.3 Å². The van der Waals surface area contributed by atoms with Crippen molar-refractivity contribution in [3.05, 3.63) is 35.9 Å². The molecular formula is C19H26OSi. The third-order valence-electron chi connectivity index (χ3n) is 3.79. The summed E-state index contributed by atoms with van der Waals surface area (Å²) in [7, 11) is -2.24. The van der Waals surface area contributed by atoms with Gasteiger partial charge in [-0.25, -0.2) is 0 Å². The molecule has 2 heteroatoms. The largest absolute Gasteiger partial charge is 0.391 e. The van der Waals surface area contributed by atoms with Crippen LogP contribution in [0.15, 0.2) is 30.3 Å². The van der Waals surface area contributed by atoms with Gasteiger partial charge >= 0.3 is 0 Å². The van der Waals surface area contributed by atoms with Crippen molar-refractivity contribution in [3.63, 3.8) is 0 Å². The molecular weight excluding hydrogens is 272 g/mol. The summed E-state index contributed by atoms with van der Waals surface area (Å²) >= 11 is 0. The second kappa shape index (κ2) is 8.08. The molecule has 0 aliphatic heterocycles. The van der Waals surface area contributed by atoms with Crippen molar-refractivity contribution in [3.8, 4) is 23.8 Å². The Hall–Kier alpha value is -1.48. The van der Waals surface area contributed by atoms with Crippen LogP contribution in [0, 0.1) is 23.8 Å². The van der Waals surface area contributed by atoms with Gasteiger partial charge in [0.1, 0.15) is 6.10 Å². The van der Waals surface area contributed by atoms with Gasteiger partial charge in [0.15, 0.2) is 0 Å². The van der Waals surface area contributed by atoms with Crippen molar-refractivity contribution >= 4 is 8.32 Å². The second-order valence-electron chi connectivity index (χ2n) is 5.90. The minimum atomic E-state index is -2.24. The third kappa shape index (κ3) is 4.50. The van der Waals surface area contributed by atoms with Crippen LogP contribution in [-0.4, -0.2) is 14.4 Å². The Labute approximate surface area is 131 Å². The molecule has 0 aliphatic rings. The van der Waals surface area contributed by atoms with Crippen molar-refractivity contribution in [2.45, 2.75) is 58.2 Å². The van der Waals surface area contributed by atoms with Gasteiger partial charge in [-0.2, -0.15) is 0 Å². The molecule has 0 radical (unpaired) electrons. The Morgan fingerprint density at radius 2 is 1.67 bits per heavy atom. The first-order valence-electron chi connectivity index (χ1n) is 7.68. The highest BCUT2D eigenvalue weighted by Crippen LogP contribution is 2.34. The molecule has 0 unspecified atom stereocenters. The van der Waals surface area contributed by atoms with Crippen LogP contribution in [0.3, 0.4) is 0 Å². The summed E-state index contributed by atoms with van der Waals surface area (Å²) in [4.78, 5) is 0. The van der Waals surface area contributed by atoms with Crippen LogP contribution in [0.1, 0.15) is 46.6 Å². The lowest BCUT2D eigenvalue weighted by Crippen LogP contribution is -2.46. The van der Waals surface area contributed by atoms with Crippen molar-refractivity contribution in [2.24, 2.45) is 0 Å².